The number of ether oxygens (including phenoxy) is 1. The molecule has 0 fully saturated rings. The number of fused-ring (bicyclic) bond motifs is 1. The van der Waals surface area contributed by atoms with Gasteiger partial charge in [-0.2, -0.15) is 0 Å². The summed E-state index contributed by atoms with van der Waals surface area (Å²) >= 11 is 0. The monoisotopic (exact) mass is 275 g/mol. The highest BCUT2D eigenvalue weighted by Crippen LogP contribution is 2.37. The number of hydrogen-bond acceptors (Lipinski definition) is 2. The van der Waals surface area contributed by atoms with Crippen molar-refractivity contribution in [1.29, 1.82) is 0 Å². The zero-order valence-electron chi connectivity index (χ0n) is 13.4. The molecule has 0 aliphatic carbocycles. The summed E-state index contributed by atoms with van der Waals surface area (Å²) < 4.78 is 5.82. The highest BCUT2D eigenvalue weighted by Gasteiger charge is 2.26. The Morgan fingerprint density at radius 1 is 1.30 bits per heavy atom. The van der Waals surface area contributed by atoms with Gasteiger partial charge in [-0.1, -0.05) is 31.5 Å². The quantitative estimate of drug-likeness (QED) is 0.833. The van der Waals surface area contributed by atoms with E-state index in [0.717, 1.165) is 24.8 Å². The second-order valence-corrected chi connectivity index (χ2v) is 7.07. The number of rotatable bonds is 6. The third kappa shape index (κ3) is 4.24. The Balaban J connectivity index is 1.95. The van der Waals surface area contributed by atoms with Crippen LogP contribution in [-0.4, -0.2) is 18.7 Å². The fourth-order valence-electron chi connectivity index (χ4n) is 2.99. The van der Waals surface area contributed by atoms with E-state index in [0.29, 0.717) is 5.92 Å². The van der Waals surface area contributed by atoms with E-state index in [9.17, 15) is 0 Å². The molecule has 2 rings (SSSR count). The van der Waals surface area contributed by atoms with Gasteiger partial charge in [-0.3, -0.25) is 0 Å². The van der Waals surface area contributed by atoms with Crippen molar-refractivity contribution in [3.8, 4) is 5.75 Å². The van der Waals surface area contributed by atoms with Crippen molar-refractivity contribution in [1.82, 2.24) is 5.32 Å². The molecule has 112 valence electrons. The van der Waals surface area contributed by atoms with Gasteiger partial charge in [-0.05, 0) is 52.1 Å². The molecule has 2 nitrogen and oxygen atoms in total. The van der Waals surface area contributed by atoms with Gasteiger partial charge in [-0.25, -0.2) is 0 Å². The van der Waals surface area contributed by atoms with Gasteiger partial charge in [0.25, 0.3) is 0 Å². The summed E-state index contributed by atoms with van der Waals surface area (Å²) in [6.45, 7) is 11.0. The second-order valence-electron chi connectivity index (χ2n) is 7.07. The molecule has 1 aliphatic heterocycles. The van der Waals surface area contributed by atoms with E-state index in [-0.39, 0.29) is 5.54 Å². The highest BCUT2D eigenvalue weighted by atomic mass is 16.5. The molecule has 1 aromatic rings. The Kier molecular flexibility index (Phi) is 5.09. The van der Waals surface area contributed by atoms with Crippen LogP contribution < -0.4 is 10.1 Å². The van der Waals surface area contributed by atoms with Gasteiger partial charge in [0.05, 0.1) is 6.61 Å². The van der Waals surface area contributed by atoms with Crippen molar-refractivity contribution in [3.05, 3.63) is 29.8 Å². The molecule has 2 unspecified atom stereocenters. The molecule has 0 aromatic heterocycles. The maximum absolute atomic E-state index is 5.82. The molecule has 1 heterocycles. The SMILES string of the molecule is CCCC(CNC(C)(C)C)CC1COc2ccccc21. The molecular weight excluding hydrogens is 246 g/mol. The Morgan fingerprint density at radius 2 is 2.05 bits per heavy atom. The minimum Gasteiger partial charge on any atom is -0.493 e. The average molecular weight is 275 g/mol. The molecular formula is C18H29NO. The van der Waals surface area contributed by atoms with Crippen molar-refractivity contribution >= 4 is 0 Å². The van der Waals surface area contributed by atoms with Crippen LogP contribution in [0.15, 0.2) is 24.3 Å². The maximum Gasteiger partial charge on any atom is 0.122 e. The Labute approximate surface area is 123 Å². The maximum atomic E-state index is 5.82. The molecule has 2 atom stereocenters. The molecule has 0 radical (unpaired) electrons. The van der Waals surface area contributed by atoms with Gasteiger partial charge in [0.1, 0.15) is 5.75 Å². The van der Waals surface area contributed by atoms with Gasteiger partial charge >= 0.3 is 0 Å². The van der Waals surface area contributed by atoms with E-state index in [1.54, 1.807) is 0 Å². The van der Waals surface area contributed by atoms with Crippen LogP contribution in [0.3, 0.4) is 0 Å². The highest BCUT2D eigenvalue weighted by molar-refractivity contribution is 5.39. The predicted molar refractivity (Wildman–Crippen MR) is 85.4 cm³/mol. The lowest BCUT2D eigenvalue weighted by molar-refractivity contribution is 0.284. The first-order chi connectivity index (χ1) is 9.49. The van der Waals surface area contributed by atoms with Crippen molar-refractivity contribution in [3.63, 3.8) is 0 Å². The van der Waals surface area contributed by atoms with Crippen LogP contribution in [0.4, 0.5) is 0 Å². The van der Waals surface area contributed by atoms with Crippen molar-refractivity contribution in [2.75, 3.05) is 13.2 Å². The van der Waals surface area contributed by atoms with Crippen LogP contribution in [0.2, 0.25) is 0 Å². The molecule has 0 saturated heterocycles. The Bertz CT molecular complexity index is 422. The van der Waals surface area contributed by atoms with Gasteiger partial charge in [-0.15, -0.1) is 0 Å². The van der Waals surface area contributed by atoms with Gasteiger partial charge < -0.3 is 10.1 Å². The zero-order chi connectivity index (χ0) is 14.6. The molecule has 1 N–H and O–H groups in total. The molecule has 2 heteroatoms. The summed E-state index contributed by atoms with van der Waals surface area (Å²) in [6.07, 6.45) is 3.78. The topological polar surface area (TPSA) is 21.3 Å². The standard InChI is InChI=1S/C18H29NO/c1-5-8-14(12-19-18(2,3)4)11-15-13-20-17-10-7-6-9-16(15)17/h6-7,9-10,14-15,19H,5,8,11-13H2,1-4H3. The van der Waals surface area contributed by atoms with Crippen molar-refractivity contribution in [2.45, 2.75) is 58.4 Å². The van der Waals surface area contributed by atoms with Gasteiger partial charge in [0.15, 0.2) is 0 Å². The van der Waals surface area contributed by atoms with Crippen LogP contribution in [0, 0.1) is 5.92 Å². The minimum absolute atomic E-state index is 0.204. The van der Waals surface area contributed by atoms with E-state index in [1.165, 1.54) is 24.8 Å². The third-order valence-corrected chi connectivity index (χ3v) is 4.03. The molecule has 0 saturated carbocycles. The van der Waals surface area contributed by atoms with Gasteiger partial charge in [0.2, 0.25) is 0 Å². The molecule has 0 amide bonds. The first kappa shape index (κ1) is 15.4. The van der Waals surface area contributed by atoms with Crippen LogP contribution in [-0.2, 0) is 0 Å². The lowest BCUT2D eigenvalue weighted by Crippen LogP contribution is -2.39. The summed E-state index contributed by atoms with van der Waals surface area (Å²) in [5.74, 6) is 2.40. The van der Waals surface area contributed by atoms with Crippen LogP contribution in [0.5, 0.6) is 5.75 Å². The summed E-state index contributed by atoms with van der Waals surface area (Å²) in [5.41, 5.74) is 1.61. The molecule has 1 aromatic carbocycles. The summed E-state index contributed by atoms with van der Waals surface area (Å²) in [5, 5.41) is 3.66. The number of nitrogens with one attached hydrogen (secondary N) is 1. The molecule has 0 bridgehead atoms. The van der Waals surface area contributed by atoms with Gasteiger partial charge in [0, 0.05) is 17.0 Å². The van der Waals surface area contributed by atoms with E-state index in [2.05, 4.69) is 57.3 Å². The lowest BCUT2D eigenvalue weighted by atomic mass is 9.87. The van der Waals surface area contributed by atoms with Crippen molar-refractivity contribution < 1.29 is 4.74 Å². The lowest BCUT2D eigenvalue weighted by Gasteiger charge is -2.26. The number of para-hydroxylation sites is 1. The summed E-state index contributed by atoms with van der Waals surface area (Å²) in [4.78, 5) is 0. The first-order valence-corrected chi connectivity index (χ1v) is 7.96. The smallest absolute Gasteiger partial charge is 0.122 e. The third-order valence-electron chi connectivity index (χ3n) is 4.03. The Morgan fingerprint density at radius 3 is 2.75 bits per heavy atom. The van der Waals surface area contributed by atoms with Crippen LogP contribution in [0.1, 0.15) is 58.4 Å². The number of benzene rings is 1. The van der Waals surface area contributed by atoms with E-state index in [4.69, 9.17) is 4.74 Å². The minimum atomic E-state index is 0.204. The summed E-state index contributed by atoms with van der Waals surface area (Å²) in [6, 6.07) is 8.51. The van der Waals surface area contributed by atoms with E-state index >= 15 is 0 Å². The van der Waals surface area contributed by atoms with Crippen LogP contribution in [0.25, 0.3) is 0 Å². The fourth-order valence-corrected chi connectivity index (χ4v) is 2.99. The van der Waals surface area contributed by atoms with E-state index < -0.39 is 0 Å². The zero-order valence-corrected chi connectivity index (χ0v) is 13.4. The largest absolute Gasteiger partial charge is 0.493 e. The average Bonchev–Trinajstić information content (AvgIpc) is 2.79. The first-order valence-electron chi connectivity index (χ1n) is 7.96. The van der Waals surface area contributed by atoms with Crippen molar-refractivity contribution in [2.24, 2.45) is 5.92 Å². The number of hydrogen-bond donors (Lipinski definition) is 1. The Hall–Kier alpha value is -1.02. The fraction of sp³-hybridized carbons (Fsp3) is 0.667. The summed E-state index contributed by atoms with van der Waals surface area (Å²) in [7, 11) is 0. The molecule has 1 aliphatic rings. The molecule has 0 spiro atoms. The molecule has 20 heavy (non-hydrogen) atoms. The predicted octanol–water partition coefficient (Wildman–Crippen LogP) is 4.36. The normalized spacial score (nSPS) is 19.5. The second kappa shape index (κ2) is 6.62. The van der Waals surface area contributed by atoms with E-state index in [1.807, 2.05) is 0 Å². The van der Waals surface area contributed by atoms with Crippen LogP contribution >= 0.6 is 0 Å².